The van der Waals surface area contributed by atoms with E-state index in [9.17, 15) is 0 Å². The molecule has 5 heteroatoms. The van der Waals surface area contributed by atoms with Gasteiger partial charge in [0, 0.05) is 34.9 Å². The zero-order valence-electron chi connectivity index (χ0n) is 15.0. The van der Waals surface area contributed by atoms with Gasteiger partial charge in [-0.15, -0.1) is 12.6 Å². The molecule has 1 aromatic carbocycles. The SMILES string of the molecule is CCc1cc(C)ncc1-c1cc(C2=CCCNC2)c(F)c2[nH]c(S)cc12. The highest BCUT2D eigenvalue weighted by molar-refractivity contribution is 7.80. The topological polar surface area (TPSA) is 40.7 Å². The lowest BCUT2D eigenvalue weighted by Crippen LogP contribution is -2.22. The van der Waals surface area contributed by atoms with Crippen molar-refractivity contribution in [2.75, 3.05) is 13.1 Å². The van der Waals surface area contributed by atoms with Crippen LogP contribution in [0.15, 0.2) is 35.5 Å². The van der Waals surface area contributed by atoms with Crippen molar-refractivity contribution in [2.45, 2.75) is 31.7 Å². The molecule has 0 aliphatic carbocycles. The summed E-state index contributed by atoms with van der Waals surface area (Å²) in [5.41, 5.74) is 6.44. The molecule has 0 saturated heterocycles. The maximum Gasteiger partial charge on any atom is 0.154 e. The first-order chi connectivity index (χ1) is 12.6. The van der Waals surface area contributed by atoms with E-state index in [1.807, 2.05) is 25.3 Å². The van der Waals surface area contributed by atoms with Crippen LogP contribution in [0.25, 0.3) is 27.6 Å². The molecule has 2 N–H and O–H groups in total. The molecule has 0 amide bonds. The smallest absolute Gasteiger partial charge is 0.154 e. The van der Waals surface area contributed by atoms with Crippen LogP contribution in [0.4, 0.5) is 4.39 Å². The summed E-state index contributed by atoms with van der Waals surface area (Å²) in [7, 11) is 0. The number of hydrogen-bond acceptors (Lipinski definition) is 3. The Hall–Kier alpha value is -2.11. The molecule has 3 aromatic rings. The molecule has 1 aliphatic heterocycles. The highest BCUT2D eigenvalue weighted by Crippen LogP contribution is 2.37. The standard InChI is InChI=1S/C21H22FN3S/c1-3-13-7-12(2)24-11-18(13)16-8-15(14-5-4-6-23-10-14)20(22)21-17(16)9-19(26)25-21/h5,7-9,11,23,25-26H,3-4,6,10H2,1-2H3. The van der Waals surface area contributed by atoms with Gasteiger partial charge in [-0.05, 0) is 61.2 Å². The van der Waals surface area contributed by atoms with Crippen LogP contribution in [0.5, 0.6) is 0 Å². The summed E-state index contributed by atoms with van der Waals surface area (Å²) in [6.07, 6.45) is 5.85. The number of aromatic nitrogens is 2. The lowest BCUT2D eigenvalue weighted by molar-refractivity contribution is 0.630. The van der Waals surface area contributed by atoms with E-state index in [4.69, 9.17) is 0 Å². The van der Waals surface area contributed by atoms with Crippen LogP contribution >= 0.6 is 12.6 Å². The Balaban J connectivity index is 2.02. The molecule has 0 atom stereocenters. The van der Waals surface area contributed by atoms with Crippen LogP contribution < -0.4 is 5.32 Å². The van der Waals surface area contributed by atoms with Crippen LogP contribution in [0, 0.1) is 12.7 Å². The summed E-state index contributed by atoms with van der Waals surface area (Å²) in [6.45, 7) is 5.75. The Labute approximate surface area is 158 Å². The Morgan fingerprint density at radius 3 is 2.77 bits per heavy atom. The lowest BCUT2D eigenvalue weighted by Gasteiger charge is -2.18. The quantitative estimate of drug-likeness (QED) is 0.576. The maximum absolute atomic E-state index is 15.3. The Morgan fingerprint density at radius 2 is 2.04 bits per heavy atom. The van der Waals surface area contributed by atoms with Gasteiger partial charge in [-0.2, -0.15) is 0 Å². The second-order valence-corrected chi connectivity index (χ2v) is 7.24. The average molecular weight is 367 g/mol. The number of pyridine rings is 1. The molecule has 0 spiro atoms. The van der Waals surface area contributed by atoms with E-state index < -0.39 is 0 Å². The molecule has 26 heavy (non-hydrogen) atoms. The normalized spacial score (nSPS) is 14.7. The fourth-order valence-electron chi connectivity index (χ4n) is 3.70. The molecule has 0 fully saturated rings. The maximum atomic E-state index is 15.3. The van der Waals surface area contributed by atoms with E-state index in [2.05, 4.69) is 47.0 Å². The number of halogens is 1. The molecule has 134 valence electrons. The van der Waals surface area contributed by atoms with E-state index >= 15 is 4.39 Å². The Morgan fingerprint density at radius 1 is 1.19 bits per heavy atom. The van der Waals surface area contributed by atoms with Gasteiger partial charge in [0.2, 0.25) is 0 Å². The molecular formula is C21H22FN3S. The predicted octanol–water partition coefficient (Wildman–Crippen LogP) is 4.91. The lowest BCUT2D eigenvalue weighted by atomic mass is 9.92. The van der Waals surface area contributed by atoms with Gasteiger partial charge in [0.15, 0.2) is 5.82 Å². The molecule has 0 unspecified atom stereocenters. The van der Waals surface area contributed by atoms with Gasteiger partial charge < -0.3 is 10.3 Å². The van der Waals surface area contributed by atoms with Crippen LogP contribution in [0.1, 0.15) is 30.2 Å². The molecule has 4 rings (SSSR count). The number of hydrogen-bond donors (Lipinski definition) is 3. The summed E-state index contributed by atoms with van der Waals surface area (Å²) in [5, 5.41) is 4.84. The van der Waals surface area contributed by atoms with Crippen molar-refractivity contribution in [1.82, 2.24) is 15.3 Å². The van der Waals surface area contributed by atoms with Gasteiger partial charge in [0.25, 0.3) is 0 Å². The van der Waals surface area contributed by atoms with Crippen molar-refractivity contribution in [3.63, 3.8) is 0 Å². The monoisotopic (exact) mass is 367 g/mol. The van der Waals surface area contributed by atoms with E-state index in [1.54, 1.807) is 0 Å². The minimum atomic E-state index is -0.211. The number of rotatable bonds is 3. The van der Waals surface area contributed by atoms with Crippen LogP contribution in [-0.4, -0.2) is 23.1 Å². The second kappa shape index (κ2) is 6.89. The molecule has 3 heterocycles. The molecule has 0 bridgehead atoms. The third-order valence-corrected chi connectivity index (χ3v) is 5.25. The van der Waals surface area contributed by atoms with E-state index in [1.165, 1.54) is 5.56 Å². The van der Waals surface area contributed by atoms with Gasteiger partial charge in [-0.1, -0.05) is 13.0 Å². The Kier molecular flexibility index (Phi) is 4.59. The first-order valence-corrected chi connectivity index (χ1v) is 9.43. The minimum Gasteiger partial charge on any atom is -0.348 e. The summed E-state index contributed by atoms with van der Waals surface area (Å²) in [5.74, 6) is -0.211. The van der Waals surface area contributed by atoms with Crippen LogP contribution in [0.2, 0.25) is 0 Å². The molecular weight excluding hydrogens is 345 g/mol. The van der Waals surface area contributed by atoms with Crippen molar-refractivity contribution >= 4 is 29.1 Å². The van der Waals surface area contributed by atoms with Crippen LogP contribution in [0.3, 0.4) is 0 Å². The molecule has 0 radical (unpaired) electrons. The minimum absolute atomic E-state index is 0.211. The predicted molar refractivity (Wildman–Crippen MR) is 108 cm³/mol. The highest BCUT2D eigenvalue weighted by Gasteiger charge is 2.20. The molecule has 3 nitrogen and oxygen atoms in total. The zero-order chi connectivity index (χ0) is 18.3. The van der Waals surface area contributed by atoms with Gasteiger partial charge >= 0.3 is 0 Å². The van der Waals surface area contributed by atoms with Gasteiger partial charge in [0.1, 0.15) is 0 Å². The van der Waals surface area contributed by atoms with Crippen molar-refractivity contribution in [3.05, 3.63) is 53.1 Å². The highest BCUT2D eigenvalue weighted by atomic mass is 32.1. The summed E-state index contributed by atoms with van der Waals surface area (Å²) >= 11 is 4.41. The first-order valence-electron chi connectivity index (χ1n) is 8.98. The largest absolute Gasteiger partial charge is 0.348 e. The number of thiol groups is 1. The zero-order valence-corrected chi connectivity index (χ0v) is 15.9. The summed E-state index contributed by atoms with van der Waals surface area (Å²) in [6, 6.07) is 5.98. The fraction of sp³-hybridized carbons (Fsp3) is 0.286. The van der Waals surface area contributed by atoms with E-state index in [-0.39, 0.29) is 5.82 Å². The number of fused-ring (bicyclic) bond motifs is 1. The van der Waals surface area contributed by atoms with Crippen LogP contribution in [-0.2, 0) is 6.42 Å². The second-order valence-electron chi connectivity index (χ2n) is 6.76. The number of nitrogens with zero attached hydrogens (tertiary/aromatic N) is 1. The fourth-order valence-corrected chi connectivity index (χ4v) is 3.94. The van der Waals surface area contributed by atoms with Gasteiger partial charge in [-0.25, -0.2) is 4.39 Å². The van der Waals surface area contributed by atoms with Gasteiger partial charge in [-0.3, -0.25) is 4.98 Å². The molecule has 2 aromatic heterocycles. The first kappa shape index (κ1) is 17.3. The Bertz CT molecular complexity index is 1020. The summed E-state index contributed by atoms with van der Waals surface area (Å²) < 4.78 is 15.3. The molecule has 1 aliphatic rings. The van der Waals surface area contributed by atoms with Crippen molar-refractivity contribution < 1.29 is 4.39 Å². The average Bonchev–Trinajstić information content (AvgIpc) is 3.05. The number of aryl methyl sites for hydroxylation is 2. The number of benzene rings is 1. The molecule has 0 saturated carbocycles. The summed E-state index contributed by atoms with van der Waals surface area (Å²) in [4.78, 5) is 7.58. The van der Waals surface area contributed by atoms with Crippen molar-refractivity contribution in [2.24, 2.45) is 0 Å². The third kappa shape index (κ3) is 2.95. The van der Waals surface area contributed by atoms with Crippen molar-refractivity contribution in [1.29, 1.82) is 0 Å². The third-order valence-electron chi connectivity index (χ3n) is 5.01. The van der Waals surface area contributed by atoms with E-state index in [0.29, 0.717) is 22.7 Å². The van der Waals surface area contributed by atoms with E-state index in [0.717, 1.165) is 47.2 Å². The number of nitrogens with one attached hydrogen (secondary N) is 2. The number of aromatic amines is 1. The van der Waals surface area contributed by atoms with Gasteiger partial charge in [0.05, 0.1) is 10.5 Å². The number of H-pyrrole nitrogens is 1. The van der Waals surface area contributed by atoms with Crippen molar-refractivity contribution in [3.8, 4) is 11.1 Å².